The molecule has 19 rings (SSSR count). The summed E-state index contributed by atoms with van der Waals surface area (Å²) in [7, 11) is 0. The number of aryl methyl sites for hydroxylation is 1. The van der Waals surface area contributed by atoms with E-state index in [2.05, 4.69) is 271 Å². The van der Waals surface area contributed by atoms with Gasteiger partial charge in [0.05, 0.1) is 22.2 Å². The van der Waals surface area contributed by atoms with Gasteiger partial charge in [-0.2, -0.15) is 4.98 Å². The first-order valence-corrected chi connectivity index (χ1v) is 33.1. The molecule has 1 unspecified atom stereocenters. The first-order chi connectivity index (χ1) is 42.7. The molecule has 408 valence electrons. The molecular formula is C74H50IN11. The topological polar surface area (TPSA) is 100 Å². The third-order valence-corrected chi connectivity index (χ3v) is 24.4. The number of aliphatic imine (C=N–C) groups is 2. The number of benzene rings is 10. The van der Waals surface area contributed by atoms with E-state index in [4.69, 9.17) is 24.9 Å². The SMILES string of the molecule is C1=Cc2c(c3ccccc3n2-c2nc(-n3c4ccccc4c4ccccc43)nc(-n3c4ccccc4c4c5c(ccc43)c3ccccc3n5C3=NC(n4c5ccccc5c5ccccc54)=NC(CCI4c5ccccc5-c5ccccc54)N3)n2)CC1. The molecule has 86 heavy (non-hydrogen) atoms. The molecule has 0 saturated heterocycles. The molecule has 0 spiro atoms. The molecular weight excluding hydrogens is 1170 g/mol. The normalized spacial score (nSPS) is 15.2. The molecule has 0 saturated carbocycles. The number of nitrogens with zero attached hydrogens (tertiary/aromatic N) is 10. The number of alkyl halides is 1. The van der Waals surface area contributed by atoms with Gasteiger partial charge in [0.25, 0.3) is 0 Å². The van der Waals surface area contributed by atoms with E-state index in [1.807, 2.05) is 0 Å². The van der Waals surface area contributed by atoms with Crippen molar-refractivity contribution in [3.05, 3.63) is 255 Å². The minimum atomic E-state index is -1.87. The molecule has 6 aromatic heterocycles. The Bertz CT molecular complexity index is 5530. The Balaban J connectivity index is 0.862. The molecule has 3 aliphatic rings. The van der Waals surface area contributed by atoms with Gasteiger partial charge in [-0.25, -0.2) is 0 Å². The third kappa shape index (κ3) is 6.86. The second-order valence-electron chi connectivity index (χ2n) is 22.5. The zero-order valence-corrected chi connectivity index (χ0v) is 48.5. The average Bonchev–Trinajstić information content (AvgIpc) is 3.10. The van der Waals surface area contributed by atoms with E-state index >= 15 is 0 Å². The van der Waals surface area contributed by atoms with Crippen molar-refractivity contribution in [2.45, 2.75) is 25.4 Å². The van der Waals surface area contributed by atoms with Crippen LogP contribution in [0, 0.1) is 7.14 Å². The minimum Gasteiger partial charge on any atom is -0.0305 e. The molecule has 10 aromatic carbocycles. The predicted octanol–water partition coefficient (Wildman–Crippen LogP) is 16.8. The van der Waals surface area contributed by atoms with E-state index in [0.29, 0.717) is 23.8 Å². The van der Waals surface area contributed by atoms with Crippen LogP contribution in [0.3, 0.4) is 0 Å². The van der Waals surface area contributed by atoms with E-state index < -0.39 is 19.8 Å². The van der Waals surface area contributed by atoms with Gasteiger partial charge < -0.3 is 0 Å². The number of aromatic nitrogens is 8. The molecule has 0 radical (unpaired) electrons. The first-order valence-electron chi connectivity index (χ1n) is 29.5. The van der Waals surface area contributed by atoms with Crippen molar-refractivity contribution in [3.63, 3.8) is 0 Å². The Kier molecular flexibility index (Phi) is 10.3. The third-order valence-electron chi connectivity index (χ3n) is 18.0. The number of allylic oxidation sites excluding steroid dienone is 1. The first kappa shape index (κ1) is 48.0. The van der Waals surface area contributed by atoms with Gasteiger partial charge in [-0.15, -0.1) is 0 Å². The average molecular weight is 1220 g/mol. The summed E-state index contributed by atoms with van der Waals surface area (Å²) >= 11 is -1.87. The monoisotopic (exact) mass is 1220 g/mol. The van der Waals surface area contributed by atoms with Crippen molar-refractivity contribution in [1.82, 2.24) is 43.1 Å². The molecule has 0 fully saturated rings. The molecule has 11 nitrogen and oxygen atoms in total. The minimum absolute atomic E-state index is 0.292. The fourth-order valence-electron chi connectivity index (χ4n) is 14.4. The standard InChI is InChI=1S/C74H50IN11/c1-11-31-56-45(21-1)46-22-2-12-32-57(46)75(56)44-43-67-76-70(82-58-33-13-3-23-47(58)48-24-4-14-34-59(48)82)78-71(77-67)86-64-39-19-9-29-53(64)54-41-42-66-68(69(54)86)55-30-10-20-40-65(55)85(66)74-80-72(83-60-35-15-5-25-49(60)50-26-6-16-36-61(50)83)79-73(81-74)84-62-37-17-7-27-51(62)52-28-8-18-38-63(52)84/h1-7,9-27,29-42,67H,8,28,43-44H2,(H,76,77,78). The van der Waals surface area contributed by atoms with Crippen molar-refractivity contribution in [1.29, 1.82) is 0 Å². The number of nitrogens with one attached hydrogen (secondary N) is 1. The number of rotatable bonds is 6. The van der Waals surface area contributed by atoms with E-state index in [1.54, 1.807) is 0 Å². The zero-order chi connectivity index (χ0) is 56.1. The van der Waals surface area contributed by atoms with Gasteiger partial charge in [-0.05, 0) is 42.7 Å². The molecule has 1 atom stereocenters. The van der Waals surface area contributed by atoms with Crippen LogP contribution in [0.1, 0.15) is 24.1 Å². The van der Waals surface area contributed by atoms with Crippen LogP contribution < -0.4 is 5.32 Å². The van der Waals surface area contributed by atoms with Crippen molar-refractivity contribution < 1.29 is 0 Å². The Morgan fingerprint density at radius 2 is 0.849 bits per heavy atom. The fraction of sp³-hybridized carbons (Fsp3) is 0.0676. The van der Waals surface area contributed by atoms with Crippen molar-refractivity contribution in [2.75, 3.05) is 4.43 Å². The Labute approximate surface area is 499 Å². The van der Waals surface area contributed by atoms with Gasteiger partial charge in [-0.1, -0.05) is 60.7 Å². The quantitative estimate of drug-likeness (QED) is 0.132. The molecule has 0 bridgehead atoms. The number of hydrogen-bond donors (Lipinski definition) is 1. The van der Waals surface area contributed by atoms with Gasteiger partial charge in [0, 0.05) is 16.2 Å². The number of hydrogen-bond acceptors (Lipinski definition) is 6. The summed E-state index contributed by atoms with van der Waals surface area (Å²) < 4.78 is 15.5. The van der Waals surface area contributed by atoms with Crippen LogP contribution in [-0.2, 0) is 6.42 Å². The van der Waals surface area contributed by atoms with Gasteiger partial charge in [0.1, 0.15) is 0 Å². The Morgan fingerprint density at radius 3 is 1.43 bits per heavy atom. The Hall–Kier alpha value is -10.4. The molecule has 16 aromatic rings. The predicted molar refractivity (Wildman–Crippen MR) is 361 cm³/mol. The van der Waals surface area contributed by atoms with Crippen LogP contribution >= 0.6 is 19.8 Å². The van der Waals surface area contributed by atoms with Gasteiger partial charge in [0.15, 0.2) is 0 Å². The summed E-state index contributed by atoms with van der Waals surface area (Å²) in [6, 6.07) is 83.3. The van der Waals surface area contributed by atoms with Crippen LogP contribution in [0.25, 0.3) is 133 Å². The van der Waals surface area contributed by atoms with Crippen molar-refractivity contribution >= 4 is 136 Å². The molecule has 2 aliphatic heterocycles. The molecule has 12 heteroatoms. The molecule has 1 aliphatic carbocycles. The second kappa shape index (κ2) is 18.5. The smallest absolute Gasteiger partial charge is 0.0305 e. The van der Waals surface area contributed by atoms with Crippen LogP contribution in [-0.4, -0.2) is 60.3 Å². The van der Waals surface area contributed by atoms with Gasteiger partial charge >= 0.3 is 335 Å². The number of fused-ring (bicyclic) bond motifs is 19. The summed E-state index contributed by atoms with van der Waals surface area (Å²) in [5, 5.41) is 14.2. The maximum absolute atomic E-state index is 5.75. The van der Waals surface area contributed by atoms with Crippen LogP contribution in [0.4, 0.5) is 0 Å². The maximum atomic E-state index is 5.75. The summed E-state index contributed by atoms with van der Waals surface area (Å²) in [5.74, 6) is 2.98. The van der Waals surface area contributed by atoms with Crippen LogP contribution in [0.5, 0.6) is 0 Å². The zero-order valence-electron chi connectivity index (χ0n) is 46.3. The van der Waals surface area contributed by atoms with Crippen LogP contribution in [0.2, 0.25) is 0 Å². The van der Waals surface area contributed by atoms with Gasteiger partial charge in [0.2, 0.25) is 11.9 Å². The molecule has 1 N–H and O–H groups in total. The molecule has 8 heterocycles. The summed E-state index contributed by atoms with van der Waals surface area (Å²) in [6.45, 7) is 0. The summed E-state index contributed by atoms with van der Waals surface area (Å²) in [5.41, 5.74) is 14.4. The van der Waals surface area contributed by atoms with E-state index in [0.717, 1.165) is 117 Å². The Morgan fingerprint density at radius 1 is 0.407 bits per heavy atom. The van der Waals surface area contributed by atoms with E-state index in [9.17, 15) is 0 Å². The number of para-hydroxylation sites is 7. The fourth-order valence-corrected chi connectivity index (χ4v) is 21.0. The van der Waals surface area contributed by atoms with Crippen LogP contribution in [0.15, 0.2) is 247 Å². The second-order valence-corrected chi connectivity index (χ2v) is 28.0. The van der Waals surface area contributed by atoms with Crippen molar-refractivity contribution in [3.8, 4) is 29.0 Å². The van der Waals surface area contributed by atoms with E-state index in [-0.39, 0.29) is 6.17 Å². The summed E-state index contributed by atoms with van der Waals surface area (Å²) in [6.07, 6.45) is 6.96. The summed E-state index contributed by atoms with van der Waals surface area (Å²) in [4.78, 5) is 28.3. The van der Waals surface area contributed by atoms with Gasteiger partial charge in [-0.3, -0.25) is 9.13 Å². The number of halogens is 1. The van der Waals surface area contributed by atoms with E-state index in [1.165, 1.54) is 40.0 Å². The van der Waals surface area contributed by atoms with Crippen molar-refractivity contribution in [2.24, 2.45) is 9.98 Å². The molecule has 0 amide bonds.